The second-order valence-electron chi connectivity index (χ2n) is 3.57. The molecule has 17 heavy (non-hydrogen) atoms. The molecule has 2 aromatic rings. The molecule has 0 radical (unpaired) electrons. The van der Waals surface area contributed by atoms with Gasteiger partial charge in [-0.15, -0.1) is 0 Å². The summed E-state index contributed by atoms with van der Waals surface area (Å²) in [5.41, 5.74) is 2.20. The Morgan fingerprint density at radius 1 is 1.06 bits per heavy atom. The number of benzene rings is 1. The summed E-state index contributed by atoms with van der Waals surface area (Å²) in [6.07, 6.45) is 1.76. The van der Waals surface area contributed by atoms with Crippen molar-refractivity contribution >= 4 is 59.3 Å². The first kappa shape index (κ1) is 13.1. The number of nitrogens with one attached hydrogen (secondary N) is 1. The number of hydrogen-bond donors (Lipinski definition) is 1. The van der Waals surface area contributed by atoms with E-state index in [0.29, 0.717) is 0 Å². The van der Waals surface area contributed by atoms with E-state index in [2.05, 4.69) is 71.1 Å². The van der Waals surface area contributed by atoms with Crippen LogP contribution in [-0.4, -0.2) is 4.98 Å². The van der Waals surface area contributed by atoms with Crippen LogP contribution in [0.2, 0.25) is 0 Å². The number of aromatic nitrogens is 1. The van der Waals surface area contributed by atoms with Crippen LogP contribution in [0, 0.1) is 6.92 Å². The van der Waals surface area contributed by atoms with Gasteiger partial charge in [-0.2, -0.15) is 0 Å². The van der Waals surface area contributed by atoms with E-state index in [9.17, 15) is 0 Å². The third-order valence-corrected chi connectivity index (χ3v) is 4.13. The fourth-order valence-electron chi connectivity index (χ4n) is 1.31. The molecule has 0 bridgehead atoms. The molecule has 1 aromatic carbocycles. The Bertz CT molecular complexity index is 555. The molecule has 0 atom stereocenters. The largest absolute Gasteiger partial charge is 0.339 e. The van der Waals surface area contributed by atoms with Crippen molar-refractivity contribution in [1.82, 2.24) is 4.98 Å². The van der Waals surface area contributed by atoms with Crippen molar-refractivity contribution in [2.45, 2.75) is 6.92 Å². The second kappa shape index (κ2) is 5.50. The summed E-state index contributed by atoms with van der Waals surface area (Å²) in [5.74, 6) is 0.795. The summed E-state index contributed by atoms with van der Waals surface area (Å²) in [5, 5.41) is 3.26. The first-order chi connectivity index (χ1) is 8.06. The van der Waals surface area contributed by atoms with Crippen molar-refractivity contribution in [1.29, 1.82) is 0 Å². The fraction of sp³-hybridized carbons (Fsp3) is 0.0833. The average molecular weight is 421 g/mol. The monoisotopic (exact) mass is 418 g/mol. The zero-order valence-corrected chi connectivity index (χ0v) is 13.7. The van der Waals surface area contributed by atoms with Crippen molar-refractivity contribution < 1.29 is 0 Å². The highest BCUT2D eigenvalue weighted by molar-refractivity contribution is 9.11. The van der Waals surface area contributed by atoms with Gasteiger partial charge in [-0.1, -0.05) is 22.0 Å². The lowest BCUT2D eigenvalue weighted by molar-refractivity contribution is 1.27. The Balaban J connectivity index is 2.28. The van der Waals surface area contributed by atoms with Gasteiger partial charge in [0.25, 0.3) is 0 Å². The van der Waals surface area contributed by atoms with Crippen LogP contribution in [0.5, 0.6) is 0 Å². The van der Waals surface area contributed by atoms with Crippen LogP contribution < -0.4 is 5.32 Å². The third kappa shape index (κ3) is 3.30. The van der Waals surface area contributed by atoms with Gasteiger partial charge in [0.1, 0.15) is 5.82 Å². The molecular weight excluding hydrogens is 412 g/mol. The van der Waals surface area contributed by atoms with E-state index in [1.807, 2.05) is 18.2 Å². The first-order valence-corrected chi connectivity index (χ1v) is 7.28. The van der Waals surface area contributed by atoms with Crippen LogP contribution in [-0.2, 0) is 0 Å². The highest BCUT2D eigenvalue weighted by Gasteiger charge is 2.03. The fourth-order valence-corrected chi connectivity index (χ4v) is 2.78. The molecule has 0 spiro atoms. The van der Waals surface area contributed by atoms with Gasteiger partial charge in [-0.25, -0.2) is 4.98 Å². The molecule has 88 valence electrons. The summed E-state index contributed by atoms with van der Waals surface area (Å²) in [7, 11) is 0. The van der Waals surface area contributed by atoms with Crippen LogP contribution in [0.15, 0.2) is 43.9 Å². The van der Waals surface area contributed by atoms with Crippen molar-refractivity contribution in [3.05, 3.63) is 49.4 Å². The van der Waals surface area contributed by atoms with Gasteiger partial charge < -0.3 is 5.32 Å². The lowest BCUT2D eigenvalue weighted by atomic mass is 10.2. The molecule has 0 saturated heterocycles. The van der Waals surface area contributed by atoms with Gasteiger partial charge in [0.05, 0.1) is 4.47 Å². The molecule has 0 fully saturated rings. The number of hydrogen-bond acceptors (Lipinski definition) is 2. The minimum absolute atomic E-state index is 0.795. The van der Waals surface area contributed by atoms with Crippen LogP contribution in [0.4, 0.5) is 11.5 Å². The Morgan fingerprint density at radius 2 is 1.82 bits per heavy atom. The number of nitrogens with zero attached hydrogens (tertiary/aromatic N) is 1. The maximum atomic E-state index is 4.31. The van der Waals surface area contributed by atoms with Gasteiger partial charge in [-0.05, 0) is 62.5 Å². The molecule has 0 amide bonds. The average Bonchev–Trinajstić information content (AvgIpc) is 2.27. The van der Waals surface area contributed by atoms with Crippen LogP contribution in [0.1, 0.15) is 5.56 Å². The third-order valence-electron chi connectivity index (χ3n) is 2.24. The lowest BCUT2D eigenvalue weighted by Gasteiger charge is -2.09. The molecule has 1 N–H and O–H groups in total. The second-order valence-corrected chi connectivity index (χ2v) is 6.20. The number of anilines is 2. The van der Waals surface area contributed by atoms with E-state index in [1.54, 1.807) is 6.20 Å². The number of rotatable bonds is 2. The molecule has 0 aliphatic carbocycles. The molecule has 1 aromatic heterocycles. The van der Waals surface area contributed by atoms with Crippen LogP contribution >= 0.6 is 47.8 Å². The highest BCUT2D eigenvalue weighted by atomic mass is 79.9. The molecule has 0 saturated carbocycles. The topological polar surface area (TPSA) is 24.9 Å². The Kier molecular flexibility index (Phi) is 4.22. The van der Waals surface area contributed by atoms with Gasteiger partial charge in [0.15, 0.2) is 0 Å². The van der Waals surface area contributed by atoms with Crippen molar-refractivity contribution in [2.75, 3.05) is 5.32 Å². The van der Waals surface area contributed by atoms with Gasteiger partial charge in [0.2, 0.25) is 0 Å². The normalized spacial score (nSPS) is 10.4. The molecule has 0 aliphatic heterocycles. The molecule has 0 aliphatic rings. The standard InChI is InChI=1S/C12H9Br3N2/c1-7-2-3-9(5-10(7)14)17-12-11(15)4-8(13)6-16-12/h2-6H,1H3,(H,16,17). The van der Waals surface area contributed by atoms with Crippen molar-refractivity contribution in [3.63, 3.8) is 0 Å². The van der Waals surface area contributed by atoms with E-state index >= 15 is 0 Å². The van der Waals surface area contributed by atoms with Crippen LogP contribution in [0.3, 0.4) is 0 Å². The zero-order chi connectivity index (χ0) is 12.4. The van der Waals surface area contributed by atoms with Crippen LogP contribution in [0.25, 0.3) is 0 Å². The van der Waals surface area contributed by atoms with Gasteiger partial charge in [0, 0.05) is 20.8 Å². The number of pyridine rings is 1. The minimum atomic E-state index is 0.795. The maximum Gasteiger partial charge on any atom is 0.144 e. The molecule has 2 nitrogen and oxygen atoms in total. The predicted octanol–water partition coefficient (Wildman–Crippen LogP) is 5.42. The molecule has 0 unspecified atom stereocenters. The summed E-state index contributed by atoms with van der Waals surface area (Å²) in [6.45, 7) is 2.06. The maximum absolute atomic E-state index is 4.31. The summed E-state index contributed by atoms with van der Waals surface area (Å²) in [4.78, 5) is 4.31. The molecule has 5 heteroatoms. The van der Waals surface area contributed by atoms with Crippen molar-refractivity contribution in [2.24, 2.45) is 0 Å². The molecule has 1 heterocycles. The SMILES string of the molecule is Cc1ccc(Nc2ncc(Br)cc2Br)cc1Br. The molecular formula is C12H9Br3N2. The van der Waals surface area contributed by atoms with E-state index in [4.69, 9.17) is 0 Å². The summed E-state index contributed by atoms with van der Waals surface area (Å²) < 4.78 is 2.94. The predicted molar refractivity (Wildman–Crippen MR) is 81.8 cm³/mol. The lowest BCUT2D eigenvalue weighted by Crippen LogP contribution is -1.94. The molecule has 2 rings (SSSR count). The summed E-state index contributed by atoms with van der Waals surface area (Å²) in [6, 6.07) is 8.07. The van der Waals surface area contributed by atoms with Gasteiger partial charge in [-0.3, -0.25) is 0 Å². The first-order valence-electron chi connectivity index (χ1n) is 4.90. The summed E-state index contributed by atoms with van der Waals surface area (Å²) >= 11 is 10.4. The van der Waals surface area contributed by atoms with E-state index in [-0.39, 0.29) is 0 Å². The van der Waals surface area contributed by atoms with Crippen molar-refractivity contribution in [3.8, 4) is 0 Å². The van der Waals surface area contributed by atoms with E-state index < -0.39 is 0 Å². The smallest absolute Gasteiger partial charge is 0.144 e. The number of halogens is 3. The Labute approximate surface area is 125 Å². The van der Waals surface area contributed by atoms with E-state index in [0.717, 1.165) is 24.9 Å². The Morgan fingerprint density at radius 3 is 2.47 bits per heavy atom. The van der Waals surface area contributed by atoms with E-state index in [1.165, 1.54) is 5.56 Å². The van der Waals surface area contributed by atoms with Gasteiger partial charge >= 0.3 is 0 Å². The number of aryl methyl sites for hydroxylation is 1. The Hall–Kier alpha value is -0.390. The quantitative estimate of drug-likeness (QED) is 0.701. The highest BCUT2D eigenvalue weighted by Crippen LogP contribution is 2.28. The zero-order valence-electron chi connectivity index (χ0n) is 8.97. The minimum Gasteiger partial charge on any atom is -0.339 e.